The van der Waals surface area contributed by atoms with Gasteiger partial charge < -0.3 is 14.5 Å². The second kappa shape index (κ2) is 9.73. The van der Waals surface area contributed by atoms with Crippen LogP contribution in [0, 0.1) is 0 Å². The molecule has 0 aliphatic rings. The Morgan fingerprint density at radius 3 is 2.47 bits per heavy atom. The van der Waals surface area contributed by atoms with E-state index in [2.05, 4.69) is 14.8 Å². The lowest BCUT2D eigenvalue weighted by molar-refractivity contribution is -0.697. The van der Waals surface area contributed by atoms with Gasteiger partial charge in [0.2, 0.25) is 4.34 Å². The molecule has 0 bridgehead atoms. The van der Waals surface area contributed by atoms with E-state index in [1.807, 2.05) is 35.3 Å². The number of nitrogens with one attached hydrogen (secondary N) is 1. The number of nitrogens with zero attached hydrogens (tertiary/aromatic N) is 3. The van der Waals surface area contributed by atoms with Gasteiger partial charge in [0.1, 0.15) is 17.0 Å². The maximum atomic E-state index is 12.1. The van der Waals surface area contributed by atoms with Crippen molar-refractivity contribution in [1.82, 2.24) is 14.9 Å². The third-order valence-corrected chi connectivity index (χ3v) is 7.33. The Hall–Kier alpha value is -2.21. The molecule has 0 amide bonds. The summed E-state index contributed by atoms with van der Waals surface area (Å²) in [6.07, 6.45) is 3.83. The Kier molecular flexibility index (Phi) is 7.29. The number of hydrogen-bond donors (Lipinski definition) is 3. The molecule has 0 unspecified atom stereocenters. The predicted molar refractivity (Wildman–Crippen MR) is 109 cm³/mol. The smallest absolute Gasteiger partial charge is 0.340 e. The number of ether oxygens (including phenoxy) is 1. The van der Waals surface area contributed by atoms with Crippen molar-refractivity contribution in [2.75, 3.05) is 12.9 Å². The average Bonchev–Trinajstić information content (AvgIpc) is 3.22. The van der Waals surface area contributed by atoms with Gasteiger partial charge in [-0.15, -0.1) is 10.2 Å². The molecule has 0 atom stereocenters. The zero-order valence-corrected chi connectivity index (χ0v) is 18.2. The minimum Gasteiger partial charge on any atom is -0.493 e. The molecule has 0 spiro atoms. The number of benzene rings is 1. The van der Waals surface area contributed by atoms with Crippen molar-refractivity contribution in [2.24, 2.45) is 0 Å². The standard InChI is InChI=1S/C17H19N4O6PS2/c22-28(23,24)13-18-30(25,26)17-20-19-16(29-17)14-5-7-15(8-6-14)27-12-4-11-21-9-2-1-3-10-21/h1-3,5-10,18H,4,11-13H2,(H-,22,23,24)/p+1. The molecule has 0 fully saturated rings. The first-order chi connectivity index (χ1) is 14.2. The summed E-state index contributed by atoms with van der Waals surface area (Å²) in [4.78, 5) is 17.6. The van der Waals surface area contributed by atoms with Gasteiger partial charge in [-0.1, -0.05) is 17.4 Å². The van der Waals surface area contributed by atoms with E-state index in [9.17, 15) is 13.0 Å². The van der Waals surface area contributed by atoms with Crippen LogP contribution in [0.1, 0.15) is 6.42 Å². The minimum atomic E-state index is -4.52. The van der Waals surface area contributed by atoms with Gasteiger partial charge in [-0.25, -0.2) is 13.0 Å². The number of rotatable bonds is 10. The lowest BCUT2D eigenvalue weighted by Gasteiger charge is -2.05. The van der Waals surface area contributed by atoms with E-state index in [-0.39, 0.29) is 4.34 Å². The second-order valence-electron chi connectivity index (χ2n) is 6.18. The highest BCUT2D eigenvalue weighted by molar-refractivity contribution is 7.91. The van der Waals surface area contributed by atoms with Gasteiger partial charge in [0.15, 0.2) is 18.9 Å². The molecule has 13 heteroatoms. The molecule has 160 valence electrons. The third-order valence-electron chi connectivity index (χ3n) is 3.80. The molecule has 0 saturated heterocycles. The van der Waals surface area contributed by atoms with Crippen LogP contribution in [0.2, 0.25) is 0 Å². The molecule has 0 saturated carbocycles. The van der Waals surface area contributed by atoms with Crippen LogP contribution in [0.3, 0.4) is 0 Å². The Balaban J connectivity index is 1.55. The van der Waals surface area contributed by atoms with Crippen molar-refractivity contribution in [3.05, 3.63) is 54.9 Å². The van der Waals surface area contributed by atoms with Gasteiger partial charge >= 0.3 is 7.60 Å². The Morgan fingerprint density at radius 1 is 1.10 bits per heavy atom. The molecule has 3 N–H and O–H groups in total. The van der Waals surface area contributed by atoms with E-state index in [1.165, 1.54) is 0 Å². The summed E-state index contributed by atoms with van der Waals surface area (Å²) >= 11 is 0.799. The molecule has 2 aromatic heterocycles. The van der Waals surface area contributed by atoms with Gasteiger partial charge in [0.05, 0.1) is 6.61 Å². The highest BCUT2D eigenvalue weighted by Gasteiger charge is 2.24. The lowest BCUT2D eigenvalue weighted by Crippen LogP contribution is -2.33. The van der Waals surface area contributed by atoms with Crippen molar-refractivity contribution < 1.29 is 32.1 Å². The largest absolute Gasteiger partial charge is 0.493 e. The molecular weight excluding hydrogens is 451 g/mol. The summed E-state index contributed by atoms with van der Waals surface area (Å²) in [6, 6.07) is 12.9. The summed E-state index contributed by atoms with van der Waals surface area (Å²) in [5, 5.41) is 7.82. The van der Waals surface area contributed by atoms with Crippen molar-refractivity contribution in [2.45, 2.75) is 17.3 Å². The first-order valence-electron chi connectivity index (χ1n) is 8.78. The number of pyridine rings is 1. The zero-order chi connectivity index (χ0) is 21.6. The number of sulfonamides is 1. The molecule has 3 aromatic rings. The SMILES string of the molecule is O=P(O)(O)CNS(=O)(=O)c1nnc(-c2ccc(OCCC[n+]3ccccc3)cc2)s1. The Morgan fingerprint density at radius 2 is 1.80 bits per heavy atom. The first kappa shape index (κ1) is 22.5. The van der Waals surface area contributed by atoms with Crippen LogP contribution < -0.4 is 14.0 Å². The molecule has 10 nitrogen and oxygen atoms in total. The average molecular weight is 471 g/mol. The fourth-order valence-electron chi connectivity index (χ4n) is 2.38. The van der Waals surface area contributed by atoms with Crippen LogP contribution in [-0.4, -0.2) is 41.3 Å². The van der Waals surface area contributed by atoms with Crippen molar-refractivity contribution in [3.63, 3.8) is 0 Å². The van der Waals surface area contributed by atoms with Crippen LogP contribution >= 0.6 is 18.9 Å². The van der Waals surface area contributed by atoms with Crippen molar-refractivity contribution >= 4 is 29.0 Å². The van der Waals surface area contributed by atoms with E-state index >= 15 is 0 Å². The second-order valence-corrected chi connectivity index (χ2v) is 10.7. The third kappa shape index (κ3) is 6.66. The summed E-state index contributed by atoms with van der Waals surface area (Å²) in [5.74, 6) is 0.678. The number of aryl methyl sites for hydroxylation is 1. The maximum Gasteiger partial charge on any atom is 0.340 e. The van der Waals surface area contributed by atoms with Gasteiger partial charge in [-0.2, -0.15) is 4.72 Å². The monoisotopic (exact) mass is 471 g/mol. The Bertz CT molecular complexity index is 1120. The molecule has 2 heterocycles. The Labute approximate surface area is 177 Å². The first-order valence-corrected chi connectivity index (χ1v) is 12.9. The maximum absolute atomic E-state index is 12.1. The summed E-state index contributed by atoms with van der Waals surface area (Å²) in [7, 11) is -8.67. The van der Waals surface area contributed by atoms with E-state index in [0.29, 0.717) is 22.9 Å². The summed E-state index contributed by atoms with van der Waals surface area (Å²) < 4.78 is 44.2. The van der Waals surface area contributed by atoms with E-state index in [0.717, 1.165) is 24.3 Å². The number of aromatic nitrogens is 3. The fourth-order valence-corrected chi connectivity index (χ4v) is 5.44. The summed E-state index contributed by atoms with van der Waals surface area (Å²) in [6.45, 7) is 1.39. The van der Waals surface area contributed by atoms with Gasteiger partial charge in [-0.05, 0) is 24.3 Å². The van der Waals surface area contributed by atoms with Gasteiger partial charge in [0, 0.05) is 24.1 Å². The molecule has 0 aliphatic heterocycles. The minimum absolute atomic E-state index is 0.360. The van der Waals surface area contributed by atoms with Gasteiger partial charge in [0.25, 0.3) is 10.0 Å². The molecule has 0 radical (unpaired) electrons. The number of hydrogen-bond acceptors (Lipinski definition) is 7. The van der Waals surface area contributed by atoms with E-state index in [4.69, 9.17) is 14.5 Å². The highest BCUT2D eigenvalue weighted by Crippen LogP contribution is 2.33. The normalized spacial score (nSPS) is 12.1. The van der Waals surface area contributed by atoms with Crippen LogP contribution in [0.4, 0.5) is 0 Å². The predicted octanol–water partition coefficient (Wildman–Crippen LogP) is 1.38. The van der Waals surface area contributed by atoms with Crippen molar-refractivity contribution in [3.8, 4) is 16.3 Å². The van der Waals surface area contributed by atoms with Crippen LogP contribution in [0.25, 0.3) is 10.6 Å². The van der Waals surface area contributed by atoms with Crippen LogP contribution in [-0.2, 0) is 21.1 Å². The zero-order valence-electron chi connectivity index (χ0n) is 15.7. The molecule has 1 aromatic carbocycles. The van der Waals surface area contributed by atoms with Gasteiger partial charge in [-0.3, -0.25) is 4.57 Å². The topological polar surface area (TPSA) is 143 Å². The lowest BCUT2D eigenvalue weighted by atomic mass is 10.2. The molecule has 0 aliphatic carbocycles. The van der Waals surface area contributed by atoms with E-state index in [1.54, 1.807) is 24.3 Å². The fraction of sp³-hybridized carbons (Fsp3) is 0.235. The van der Waals surface area contributed by atoms with Crippen LogP contribution in [0.15, 0.2) is 59.2 Å². The van der Waals surface area contributed by atoms with E-state index < -0.39 is 23.9 Å². The molecule has 3 rings (SSSR count). The molecular formula is C17H20N4O6PS2+. The highest BCUT2D eigenvalue weighted by atomic mass is 32.2. The van der Waals surface area contributed by atoms with Crippen molar-refractivity contribution in [1.29, 1.82) is 0 Å². The van der Waals surface area contributed by atoms with Crippen LogP contribution in [0.5, 0.6) is 5.75 Å². The quantitative estimate of drug-likeness (QED) is 0.229. The molecule has 30 heavy (non-hydrogen) atoms. The summed E-state index contributed by atoms with van der Waals surface area (Å²) in [5.41, 5.74) is 0.649.